The topological polar surface area (TPSA) is 228 Å². The number of hydrogen-bond acceptors (Lipinski definition) is 13. The fraction of sp³-hybridized carbons (Fsp3) is 0.903. The van der Waals surface area contributed by atoms with Crippen LogP contribution in [0, 0.1) is 0 Å². The van der Waals surface area contributed by atoms with Crippen LogP contribution in [0.3, 0.4) is 0 Å². The summed E-state index contributed by atoms with van der Waals surface area (Å²) in [4.78, 5) is 13.3. The van der Waals surface area contributed by atoms with E-state index in [0.29, 0.717) is 12.8 Å². The van der Waals surface area contributed by atoms with Crippen LogP contribution in [0.25, 0.3) is 0 Å². The van der Waals surface area contributed by atoms with E-state index in [1.54, 1.807) is 6.08 Å². The van der Waals surface area contributed by atoms with Gasteiger partial charge in [0.05, 0.1) is 32.0 Å². The van der Waals surface area contributed by atoms with Crippen LogP contribution < -0.4 is 5.32 Å². The van der Waals surface area contributed by atoms with Crippen molar-refractivity contribution in [1.82, 2.24) is 5.32 Å². The molecule has 14 heteroatoms. The van der Waals surface area contributed by atoms with Gasteiger partial charge < -0.3 is 65.1 Å². The van der Waals surface area contributed by atoms with Crippen LogP contribution in [0.5, 0.6) is 0 Å². The molecule has 12 atom stereocenters. The van der Waals surface area contributed by atoms with Gasteiger partial charge in [0.1, 0.15) is 48.8 Å². The zero-order valence-electron chi connectivity index (χ0n) is 55.1. The van der Waals surface area contributed by atoms with Gasteiger partial charge in [-0.05, 0) is 44.9 Å². The number of unbranched alkanes of at least 4 members (excludes halogenated alkanes) is 43. The van der Waals surface area contributed by atoms with Gasteiger partial charge in [0.15, 0.2) is 12.6 Å². The maximum atomic E-state index is 13.3. The van der Waals surface area contributed by atoms with E-state index >= 15 is 0 Å². The van der Waals surface area contributed by atoms with Crippen molar-refractivity contribution in [2.45, 2.75) is 396 Å². The maximum Gasteiger partial charge on any atom is 0.220 e. The minimum atomic E-state index is -1.79. The van der Waals surface area contributed by atoms with Crippen LogP contribution in [0.15, 0.2) is 36.5 Å². The molecule has 506 valence electrons. The van der Waals surface area contributed by atoms with Gasteiger partial charge in [0, 0.05) is 6.42 Å². The van der Waals surface area contributed by atoms with E-state index in [0.717, 1.165) is 44.9 Å². The molecular formula is C72H135NO13. The Morgan fingerprint density at radius 3 is 1.14 bits per heavy atom. The van der Waals surface area contributed by atoms with Crippen molar-refractivity contribution in [2.75, 3.05) is 19.8 Å². The number of aliphatic hydroxyl groups is 8. The standard InChI is InChI=1S/C72H135NO13/c1-3-5-7-9-11-13-15-17-19-21-23-25-27-29-30-31-32-33-35-37-39-41-43-45-47-49-51-53-55-61(76)60(59-83-71-69(82)67(80)70(63(58-75)85-71)86-72-68(81)66(79)65(78)62(57-74)84-72)73-64(77)56-54-52-50-48-46-44-42-40-38-36-34-28-26-24-22-20-18-16-14-12-10-8-6-4-2/h37,39,45,47,53,55,60-63,65-72,74-76,78-82H,3-36,38,40-44,46,48-52,54,56-59H2,1-2H3,(H,73,77)/b39-37+,47-45+,55-53+. The van der Waals surface area contributed by atoms with Crippen molar-refractivity contribution in [3.63, 3.8) is 0 Å². The van der Waals surface area contributed by atoms with Crippen molar-refractivity contribution in [2.24, 2.45) is 0 Å². The van der Waals surface area contributed by atoms with Crippen LogP contribution >= 0.6 is 0 Å². The monoisotopic (exact) mass is 1220 g/mol. The van der Waals surface area contributed by atoms with E-state index in [9.17, 15) is 45.6 Å². The molecular weight excluding hydrogens is 1090 g/mol. The number of hydrogen-bond donors (Lipinski definition) is 9. The van der Waals surface area contributed by atoms with Gasteiger partial charge in [-0.3, -0.25) is 4.79 Å². The fourth-order valence-electron chi connectivity index (χ4n) is 12.0. The first-order valence-electron chi connectivity index (χ1n) is 36.2. The van der Waals surface area contributed by atoms with Gasteiger partial charge in [-0.25, -0.2) is 0 Å². The number of ether oxygens (including phenoxy) is 4. The lowest BCUT2D eigenvalue weighted by molar-refractivity contribution is -0.359. The third-order valence-corrected chi connectivity index (χ3v) is 17.8. The number of allylic oxidation sites excluding steroid dienone is 5. The largest absolute Gasteiger partial charge is 0.394 e. The van der Waals surface area contributed by atoms with E-state index in [4.69, 9.17) is 18.9 Å². The van der Waals surface area contributed by atoms with Crippen LogP contribution in [-0.4, -0.2) is 140 Å². The zero-order chi connectivity index (χ0) is 62.3. The molecule has 0 aliphatic carbocycles. The summed E-state index contributed by atoms with van der Waals surface area (Å²) in [5.41, 5.74) is 0. The first-order valence-corrected chi connectivity index (χ1v) is 36.2. The van der Waals surface area contributed by atoms with Gasteiger partial charge in [0.25, 0.3) is 0 Å². The summed E-state index contributed by atoms with van der Waals surface area (Å²) in [6.07, 6.45) is 56.4. The third-order valence-electron chi connectivity index (χ3n) is 17.8. The summed E-state index contributed by atoms with van der Waals surface area (Å²) in [5, 5.41) is 87.4. The molecule has 2 rings (SSSR count). The highest BCUT2D eigenvalue weighted by Crippen LogP contribution is 2.30. The number of nitrogens with one attached hydrogen (secondary N) is 1. The zero-order valence-corrected chi connectivity index (χ0v) is 55.1. The minimum absolute atomic E-state index is 0.247. The highest BCUT2D eigenvalue weighted by Gasteiger charge is 2.51. The molecule has 0 aromatic carbocycles. The Kier molecular flexibility index (Phi) is 53.4. The Morgan fingerprint density at radius 2 is 0.744 bits per heavy atom. The summed E-state index contributed by atoms with van der Waals surface area (Å²) in [5.74, 6) is -0.247. The number of carbonyl (C=O) groups excluding carboxylic acids is 1. The van der Waals surface area contributed by atoms with Gasteiger partial charge in [-0.1, -0.05) is 307 Å². The van der Waals surface area contributed by atoms with E-state index in [-0.39, 0.29) is 18.9 Å². The predicted octanol–water partition coefficient (Wildman–Crippen LogP) is 14.9. The summed E-state index contributed by atoms with van der Waals surface area (Å²) in [7, 11) is 0. The van der Waals surface area contributed by atoms with Crippen molar-refractivity contribution >= 4 is 5.91 Å². The molecule has 14 nitrogen and oxygen atoms in total. The summed E-state index contributed by atoms with van der Waals surface area (Å²) >= 11 is 0. The molecule has 9 N–H and O–H groups in total. The van der Waals surface area contributed by atoms with Crippen LogP contribution in [0.1, 0.15) is 322 Å². The Labute approximate surface area is 525 Å². The number of rotatable bonds is 60. The molecule has 2 heterocycles. The molecule has 12 unspecified atom stereocenters. The van der Waals surface area contributed by atoms with E-state index in [2.05, 4.69) is 43.5 Å². The Bertz CT molecular complexity index is 1580. The molecule has 0 radical (unpaired) electrons. The van der Waals surface area contributed by atoms with Crippen molar-refractivity contribution in [3.8, 4) is 0 Å². The Morgan fingerprint density at radius 1 is 0.407 bits per heavy atom. The maximum absolute atomic E-state index is 13.3. The average molecular weight is 1220 g/mol. The smallest absolute Gasteiger partial charge is 0.220 e. The molecule has 0 aromatic heterocycles. The average Bonchev–Trinajstić information content (AvgIpc) is 2.54. The lowest BCUT2D eigenvalue weighted by atomic mass is 9.97. The molecule has 0 bridgehead atoms. The van der Waals surface area contributed by atoms with E-state index in [1.807, 2.05) is 6.08 Å². The van der Waals surface area contributed by atoms with E-state index in [1.165, 1.54) is 244 Å². The number of amides is 1. The molecule has 2 fully saturated rings. The first kappa shape index (κ1) is 80.3. The van der Waals surface area contributed by atoms with Crippen LogP contribution in [0.2, 0.25) is 0 Å². The third kappa shape index (κ3) is 40.8. The molecule has 0 spiro atoms. The van der Waals surface area contributed by atoms with Gasteiger partial charge in [-0.2, -0.15) is 0 Å². The lowest BCUT2D eigenvalue weighted by Crippen LogP contribution is -2.65. The molecule has 0 aromatic rings. The highest BCUT2D eigenvalue weighted by molar-refractivity contribution is 5.76. The first-order chi connectivity index (χ1) is 42.1. The predicted molar refractivity (Wildman–Crippen MR) is 351 cm³/mol. The number of aliphatic hydroxyl groups excluding tert-OH is 8. The fourth-order valence-corrected chi connectivity index (χ4v) is 12.0. The second-order valence-corrected chi connectivity index (χ2v) is 25.7. The van der Waals surface area contributed by atoms with E-state index < -0.39 is 86.8 Å². The normalized spacial score (nSPS) is 23.6. The Balaban J connectivity index is 1.69. The molecule has 2 saturated heterocycles. The van der Waals surface area contributed by atoms with Gasteiger partial charge in [-0.15, -0.1) is 0 Å². The van der Waals surface area contributed by atoms with Gasteiger partial charge in [0.2, 0.25) is 5.91 Å². The van der Waals surface area contributed by atoms with Crippen LogP contribution in [0.4, 0.5) is 0 Å². The quantitative estimate of drug-likeness (QED) is 0.0204. The lowest BCUT2D eigenvalue weighted by Gasteiger charge is -2.46. The van der Waals surface area contributed by atoms with Crippen molar-refractivity contribution < 1.29 is 64.6 Å². The number of carbonyl (C=O) groups is 1. The molecule has 2 aliphatic rings. The second-order valence-electron chi connectivity index (χ2n) is 25.7. The summed E-state index contributed by atoms with van der Waals surface area (Å²) in [6.45, 7) is 2.83. The van der Waals surface area contributed by atoms with Crippen LogP contribution in [-0.2, 0) is 23.7 Å². The summed E-state index contributed by atoms with van der Waals surface area (Å²) < 4.78 is 22.8. The Hall–Kier alpha value is -1.79. The van der Waals surface area contributed by atoms with Crippen molar-refractivity contribution in [1.29, 1.82) is 0 Å². The van der Waals surface area contributed by atoms with Gasteiger partial charge >= 0.3 is 0 Å². The molecule has 0 saturated carbocycles. The van der Waals surface area contributed by atoms with Crippen molar-refractivity contribution in [3.05, 3.63) is 36.5 Å². The SMILES string of the molecule is CCCCCCCCCCCCCCCCCCCC/C=C/CC/C=C/CC/C=C/C(O)C(COC1OC(CO)C(OC2OC(CO)C(O)C(O)C2O)C(O)C1O)NC(=O)CCCCCCCCCCCCCCCCCCCCCCCCCC. The highest BCUT2D eigenvalue weighted by atomic mass is 16.7. The second kappa shape index (κ2) is 57.1. The molecule has 1 amide bonds. The summed E-state index contributed by atoms with van der Waals surface area (Å²) in [6, 6.07) is -0.937. The molecule has 2 aliphatic heterocycles. The molecule has 86 heavy (non-hydrogen) atoms. The minimum Gasteiger partial charge on any atom is -0.394 e.